The Balaban J connectivity index is 1.82. The molecule has 0 bridgehead atoms. The smallest absolute Gasteiger partial charge is 0.226 e. The van der Waals surface area contributed by atoms with Crippen LogP contribution in [0, 0.1) is 0 Å². The maximum Gasteiger partial charge on any atom is 0.226 e. The third-order valence-corrected chi connectivity index (χ3v) is 3.52. The summed E-state index contributed by atoms with van der Waals surface area (Å²) in [5.41, 5.74) is 1.90. The molecule has 0 spiro atoms. The van der Waals surface area contributed by atoms with Gasteiger partial charge >= 0.3 is 0 Å². The molecule has 94 valence electrons. The monoisotopic (exact) mass is 261 g/mol. The van der Waals surface area contributed by atoms with Crippen LogP contribution in [0.1, 0.15) is 23.2 Å². The van der Waals surface area contributed by atoms with Gasteiger partial charge in [0.2, 0.25) is 5.91 Å². The highest BCUT2D eigenvalue weighted by Gasteiger charge is 2.06. The molecular formula is C13H15N3OS. The first-order chi connectivity index (χ1) is 8.78. The number of pyridine rings is 1. The molecule has 0 unspecified atom stereocenters. The van der Waals surface area contributed by atoms with Crippen molar-refractivity contribution in [2.45, 2.75) is 26.3 Å². The Morgan fingerprint density at radius 2 is 2.17 bits per heavy atom. The summed E-state index contributed by atoms with van der Waals surface area (Å²) in [6.45, 7) is 2.60. The van der Waals surface area contributed by atoms with E-state index in [1.165, 1.54) is 0 Å². The van der Waals surface area contributed by atoms with E-state index in [9.17, 15) is 4.79 Å². The second kappa shape index (κ2) is 6.26. The predicted octanol–water partition coefficient (Wildman–Crippen LogP) is 1.96. The first-order valence-electron chi connectivity index (χ1n) is 5.87. The van der Waals surface area contributed by atoms with Gasteiger partial charge in [0, 0.05) is 24.3 Å². The van der Waals surface area contributed by atoms with Crippen LogP contribution in [0.15, 0.2) is 29.9 Å². The highest BCUT2D eigenvalue weighted by Crippen LogP contribution is 2.10. The number of nitrogens with zero attached hydrogens (tertiary/aromatic N) is 2. The Morgan fingerprint density at radius 3 is 2.83 bits per heavy atom. The standard InChI is InChI=1S/C13H15N3OS/c1-2-13-16-11(9-18-13)7-12(17)15-8-10-3-5-14-6-4-10/h3-6,9H,2,7-8H2,1H3,(H,15,17). The van der Waals surface area contributed by atoms with Crippen molar-refractivity contribution in [3.05, 3.63) is 46.2 Å². The van der Waals surface area contributed by atoms with Crippen LogP contribution in [-0.2, 0) is 24.2 Å². The Labute approximate surface area is 110 Å². The van der Waals surface area contributed by atoms with E-state index in [-0.39, 0.29) is 5.91 Å². The molecule has 2 aromatic heterocycles. The lowest BCUT2D eigenvalue weighted by Crippen LogP contribution is -2.24. The Morgan fingerprint density at radius 1 is 1.39 bits per heavy atom. The van der Waals surface area contributed by atoms with E-state index in [0.717, 1.165) is 22.7 Å². The quantitative estimate of drug-likeness (QED) is 0.895. The van der Waals surface area contributed by atoms with Crippen molar-refractivity contribution in [2.24, 2.45) is 0 Å². The fourth-order valence-electron chi connectivity index (χ4n) is 1.52. The predicted molar refractivity (Wildman–Crippen MR) is 71.3 cm³/mol. The van der Waals surface area contributed by atoms with Crippen molar-refractivity contribution in [3.63, 3.8) is 0 Å². The molecule has 4 nitrogen and oxygen atoms in total. The number of thiazole rings is 1. The normalized spacial score (nSPS) is 10.3. The molecular weight excluding hydrogens is 246 g/mol. The fraction of sp³-hybridized carbons (Fsp3) is 0.308. The van der Waals surface area contributed by atoms with Gasteiger partial charge in [0.15, 0.2) is 0 Å². The minimum atomic E-state index is -0.000217. The minimum absolute atomic E-state index is 0.000217. The van der Waals surface area contributed by atoms with E-state index >= 15 is 0 Å². The van der Waals surface area contributed by atoms with Gasteiger partial charge in [-0.25, -0.2) is 4.98 Å². The lowest BCUT2D eigenvalue weighted by atomic mass is 10.2. The number of aryl methyl sites for hydroxylation is 1. The highest BCUT2D eigenvalue weighted by atomic mass is 32.1. The summed E-state index contributed by atoms with van der Waals surface area (Å²) < 4.78 is 0. The van der Waals surface area contributed by atoms with E-state index in [2.05, 4.69) is 22.2 Å². The van der Waals surface area contributed by atoms with Gasteiger partial charge in [0.1, 0.15) is 0 Å². The van der Waals surface area contributed by atoms with E-state index < -0.39 is 0 Å². The third kappa shape index (κ3) is 3.63. The number of nitrogens with one attached hydrogen (secondary N) is 1. The number of amides is 1. The average Bonchev–Trinajstić information content (AvgIpc) is 2.85. The summed E-state index contributed by atoms with van der Waals surface area (Å²) in [5.74, 6) is -0.000217. The SMILES string of the molecule is CCc1nc(CC(=O)NCc2ccncc2)cs1. The number of hydrogen-bond acceptors (Lipinski definition) is 4. The summed E-state index contributed by atoms with van der Waals surface area (Å²) in [6.07, 6.45) is 4.70. The van der Waals surface area contributed by atoms with Crippen LogP contribution in [0.3, 0.4) is 0 Å². The van der Waals surface area contributed by atoms with Crippen molar-refractivity contribution >= 4 is 17.2 Å². The highest BCUT2D eigenvalue weighted by molar-refractivity contribution is 7.09. The van der Waals surface area contributed by atoms with Crippen LogP contribution in [-0.4, -0.2) is 15.9 Å². The largest absolute Gasteiger partial charge is 0.352 e. The van der Waals surface area contributed by atoms with Gasteiger partial charge in [-0.05, 0) is 24.1 Å². The summed E-state index contributed by atoms with van der Waals surface area (Å²) in [7, 11) is 0. The van der Waals surface area contributed by atoms with Gasteiger partial charge in [-0.3, -0.25) is 9.78 Å². The molecule has 0 aliphatic rings. The summed E-state index contributed by atoms with van der Waals surface area (Å²) >= 11 is 1.61. The maximum absolute atomic E-state index is 11.7. The van der Waals surface area contributed by atoms with Gasteiger partial charge in [-0.15, -0.1) is 11.3 Å². The van der Waals surface area contributed by atoms with Crippen molar-refractivity contribution in [2.75, 3.05) is 0 Å². The Bertz CT molecular complexity index is 510. The van der Waals surface area contributed by atoms with Gasteiger partial charge in [0.05, 0.1) is 17.1 Å². The molecule has 0 saturated carbocycles. The van der Waals surface area contributed by atoms with Crippen LogP contribution in [0.4, 0.5) is 0 Å². The molecule has 0 radical (unpaired) electrons. The molecule has 0 fully saturated rings. The average molecular weight is 261 g/mol. The molecule has 1 N–H and O–H groups in total. The number of rotatable bonds is 5. The molecule has 5 heteroatoms. The molecule has 0 aliphatic carbocycles. The molecule has 0 atom stereocenters. The molecule has 0 aliphatic heterocycles. The topological polar surface area (TPSA) is 54.9 Å². The summed E-state index contributed by atoms with van der Waals surface area (Å²) in [6, 6.07) is 3.77. The zero-order valence-corrected chi connectivity index (χ0v) is 11.0. The molecule has 2 rings (SSSR count). The first-order valence-corrected chi connectivity index (χ1v) is 6.74. The zero-order chi connectivity index (χ0) is 12.8. The zero-order valence-electron chi connectivity index (χ0n) is 10.2. The minimum Gasteiger partial charge on any atom is -0.352 e. The number of aromatic nitrogens is 2. The van der Waals surface area contributed by atoms with E-state index in [0.29, 0.717) is 13.0 Å². The van der Waals surface area contributed by atoms with Crippen molar-refractivity contribution in [1.29, 1.82) is 0 Å². The molecule has 1 amide bonds. The number of hydrogen-bond donors (Lipinski definition) is 1. The van der Waals surface area contributed by atoms with Gasteiger partial charge < -0.3 is 5.32 Å². The third-order valence-electron chi connectivity index (χ3n) is 2.48. The fourth-order valence-corrected chi connectivity index (χ4v) is 2.27. The van der Waals surface area contributed by atoms with E-state index in [4.69, 9.17) is 0 Å². The summed E-state index contributed by atoms with van der Waals surface area (Å²) in [4.78, 5) is 20.0. The Hall–Kier alpha value is -1.75. The van der Waals surface area contributed by atoms with Gasteiger partial charge in [0.25, 0.3) is 0 Å². The van der Waals surface area contributed by atoms with Crippen molar-refractivity contribution < 1.29 is 4.79 Å². The van der Waals surface area contributed by atoms with Crippen LogP contribution in [0.25, 0.3) is 0 Å². The number of carbonyl (C=O) groups excluding carboxylic acids is 1. The van der Waals surface area contributed by atoms with Gasteiger partial charge in [-0.1, -0.05) is 6.92 Å². The molecule has 2 heterocycles. The van der Waals surface area contributed by atoms with Crippen LogP contribution >= 0.6 is 11.3 Å². The molecule has 0 saturated heterocycles. The van der Waals surface area contributed by atoms with Crippen LogP contribution in [0.2, 0.25) is 0 Å². The lowest BCUT2D eigenvalue weighted by Gasteiger charge is -2.03. The van der Waals surface area contributed by atoms with Crippen molar-refractivity contribution in [1.82, 2.24) is 15.3 Å². The molecule has 0 aromatic carbocycles. The van der Waals surface area contributed by atoms with E-state index in [1.54, 1.807) is 23.7 Å². The van der Waals surface area contributed by atoms with Crippen LogP contribution in [0.5, 0.6) is 0 Å². The lowest BCUT2D eigenvalue weighted by molar-refractivity contribution is -0.120. The summed E-state index contributed by atoms with van der Waals surface area (Å²) in [5, 5.41) is 5.90. The second-order valence-corrected chi connectivity index (χ2v) is 4.84. The van der Waals surface area contributed by atoms with Gasteiger partial charge in [-0.2, -0.15) is 0 Å². The maximum atomic E-state index is 11.7. The number of carbonyl (C=O) groups is 1. The first kappa shape index (κ1) is 12.7. The van der Waals surface area contributed by atoms with Crippen LogP contribution < -0.4 is 5.32 Å². The van der Waals surface area contributed by atoms with E-state index in [1.807, 2.05) is 17.5 Å². The molecule has 2 aromatic rings. The second-order valence-electron chi connectivity index (χ2n) is 3.90. The van der Waals surface area contributed by atoms with Crippen molar-refractivity contribution in [3.8, 4) is 0 Å². The Kier molecular flexibility index (Phi) is 4.41. The molecule has 18 heavy (non-hydrogen) atoms.